The van der Waals surface area contributed by atoms with E-state index >= 15 is 0 Å². The minimum Gasteiger partial charge on any atom is -0.469 e. The molecule has 0 aromatic heterocycles. The Morgan fingerprint density at radius 3 is 2.71 bits per heavy atom. The Kier molecular flexibility index (Phi) is 4.53. The van der Waals surface area contributed by atoms with E-state index < -0.39 is 0 Å². The number of hydrogen-bond donors (Lipinski definition) is 0. The van der Waals surface area contributed by atoms with Gasteiger partial charge >= 0.3 is 5.97 Å². The zero-order valence-electron chi connectivity index (χ0n) is 11.2. The van der Waals surface area contributed by atoms with Crippen LogP contribution in [0.3, 0.4) is 0 Å². The van der Waals surface area contributed by atoms with Crippen molar-refractivity contribution in [3.63, 3.8) is 0 Å². The summed E-state index contributed by atoms with van der Waals surface area (Å²) in [6.07, 6.45) is 0.837. The fourth-order valence-corrected chi connectivity index (χ4v) is 2.20. The molecule has 2 unspecified atom stereocenters. The SMILES string of the molecule is COC(=O)C1CN(CCC(C)(C)C#N)CC1C. The lowest BCUT2D eigenvalue weighted by molar-refractivity contribution is -0.146. The number of nitriles is 1. The fourth-order valence-electron chi connectivity index (χ4n) is 2.20. The van der Waals surface area contributed by atoms with Gasteiger partial charge in [0.2, 0.25) is 0 Å². The van der Waals surface area contributed by atoms with Gasteiger partial charge < -0.3 is 9.64 Å². The van der Waals surface area contributed by atoms with Gasteiger partial charge in [-0.2, -0.15) is 5.26 Å². The van der Waals surface area contributed by atoms with Crippen molar-refractivity contribution in [2.45, 2.75) is 27.2 Å². The third kappa shape index (κ3) is 3.71. The highest BCUT2D eigenvalue weighted by Gasteiger charge is 2.35. The Balaban J connectivity index is 2.45. The van der Waals surface area contributed by atoms with Crippen LogP contribution in [0.4, 0.5) is 0 Å². The third-order valence-corrected chi connectivity index (χ3v) is 3.55. The molecular formula is C13H22N2O2. The summed E-state index contributed by atoms with van der Waals surface area (Å²) >= 11 is 0. The molecule has 0 N–H and O–H groups in total. The van der Waals surface area contributed by atoms with Crippen LogP contribution in [0.5, 0.6) is 0 Å². The molecule has 1 aliphatic heterocycles. The van der Waals surface area contributed by atoms with Gasteiger partial charge in [-0.05, 0) is 32.7 Å². The summed E-state index contributed by atoms with van der Waals surface area (Å²) < 4.78 is 4.80. The van der Waals surface area contributed by atoms with Crippen LogP contribution in [0.1, 0.15) is 27.2 Å². The molecule has 1 aliphatic rings. The van der Waals surface area contributed by atoms with E-state index in [4.69, 9.17) is 10.00 Å². The Morgan fingerprint density at radius 1 is 1.53 bits per heavy atom. The molecule has 0 saturated carbocycles. The molecule has 4 nitrogen and oxygen atoms in total. The molecule has 0 aliphatic carbocycles. The molecule has 0 bridgehead atoms. The lowest BCUT2D eigenvalue weighted by Gasteiger charge is -2.21. The molecule has 1 saturated heterocycles. The maximum absolute atomic E-state index is 11.5. The smallest absolute Gasteiger partial charge is 0.310 e. The number of rotatable bonds is 4. The molecule has 0 spiro atoms. The van der Waals surface area contributed by atoms with Crippen LogP contribution < -0.4 is 0 Å². The van der Waals surface area contributed by atoms with Crippen molar-refractivity contribution in [2.75, 3.05) is 26.7 Å². The summed E-state index contributed by atoms with van der Waals surface area (Å²) in [5, 5.41) is 8.96. The Labute approximate surface area is 104 Å². The number of carbonyl (C=O) groups is 1. The first kappa shape index (κ1) is 14.0. The number of methoxy groups -OCH3 is 1. The van der Waals surface area contributed by atoms with Gasteiger partial charge in [0.05, 0.1) is 24.5 Å². The molecule has 17 heavy (non-hydrogen) atoms. The van der Waals surface area contributed by atoms with E-state index in [1.165, 1.54) is 7.11 Å². The molecule has 1 rings (SSSR count). The maximum atomic E-state index is 11.5. The topological polar surface area (TPSA) is 53.3 Å². The summed E-state index contributed by atoms with van der Waals surface area (Å²) in [6.45, 7) is 8.53. The fraction of sp³-hybridized carbons (Fsp3) is 0.846. The molecular weight excluding hydrogens is 216 g/mol. The molecule has 0 aromatic rings. The number of hydrogen-bond acceptors (Lipinski definition) is 4. The normalized spacial score (nSPS) is 25.6. The zero-order valence-corrected chi connectivity index (χ0v) is 11.2. The second-order valence-corrected chi connectivity index (χ2v) is 5.61. The average Bonchev–Trinajstić information content (AvgIpc) is 2.67. The van der Waals surface area contributed by atoms with Gasteiger partial charge in [0.1, 0.15) is 0 Å². The minimum absolute atomic E-state index is 0.00908. The van der Waals surface area contributed by atoms with Crippen LogP contribution in [0.2, 0.25) is 0 Å². The molecule has 1 fully saturated rings. The highest BCUT2D eigenvalue weighted by molar-refractivity contribution is 5.73. The van der Waals surface area contributed by atoms with Crippen LogP contribution in [-0.4, -0.2) is 37.6 Å². The molecule has 1 heterocycles. The second kappa shape index (κ2) is 5.50. The van der Waals surface area contributed by atoms with E-state index in [0.29, 0.717) is 5.92 Å². The van der Waals surface area contributed by atoms with Gasteiger partial charge in [0, 0.05) is 13.1 Å². The molecule has 0 aromatic carbocycles. The third-order valence-electron chi connectivity index (χ3n) is 3.55. The van der Waals surface area contributed by atoms with Crippen molar-refractivity contribution < 1.29 is 9.53 Å². The Hall–Kier alpha value is -1.08. The van der Waals surface area contributed by atoms with Crippen molar-refractivity contribution in [1.29, 1.82) is 5.26 Å². The van der Waals surface area contributed by atoms with Crippen molar-refractivity contribution in [3.05, 3.63) is 0 Å². The highest BCUT2D eigenvalue weighted by atomic mass is 16.5. The predicted molar refractivity (Wildman–Crippen MR) is 65.1 cm³/mol. The summed E-state index contributed by atoms with van der Waals surface area (Å²) in [6, 6.07) is 2.30. The van der Waals surface area contributed by atoms with Gasteiger partial charge in [-0.15, -0.1) is 0 Å². The summed E-state index contributed by atoms with van der Waals surface area (Å²) in [5.41, 5.74) is -0.285. The predicted octanol–water partition coefficient (Wildman–Crippen LogP) is 1.67. The van der Waals surface area contributed by atoms with Gasteiger partial charge in [0.15, 0.2) is 0 Å². The van der Waals surface area contributed by atoms with E-state index in [2.05, 4.69) is 17.9 Å². The second-order valence-electron chi connectivity index (χ2n) is 5.61. The first-order valence-electron chi connectivity index (χ1n) is 6.11. The van der Waals surface area contributed by atoms with Crippen molar-refractivity contribution in [2.24, 2.45) is 17.3 Å². The first-order valence-corrected chi connectivity index (χ1v) is 6.11. The largest absolute Gasteiger partial charge is 0.469 e. The number of ether oxygens (including phenoxy) is 1. The maximum Gasteiger partial charge on any atom is 0.310 e. The lowest BCUT2D eigenvalue weighted by atomic mass is 9.91. The van der Waals surface area contributed by atoms with Crippen molar-refractivity contribution in [3.8, 4) is 6.07 Å². The summed E-state index contributed by atoms with van der Waals surface area (Å²) in [5.74, 6) is 0.220. The van der Waals surface area contributed by atoms with Gasteiger partial charge in [0.25, 0.3) is 0 Å². The van der Waals surface area contributed by atoms with Crippen LogP contribution in [-0.2, 0) is 9.53 Å². The Morgan fingerprint density at radius 2 is 2.18 bits per heavy atom. The number of carbonyl (C=O) groups excluding carboxylic acids is 1. The van der Waals surface area contributed by atoms with Gasteiger partial charge in [-0.3, -0.25) is 4.79 Å². The monoisotopic (exact) mass is 238 g/mol. The quantitative estimate of drug-likeness (QED) is 0.699. The minimum atomic E-state index is -0.285. The van der Waals surface area contributed by atoms with Crippen molar-refractivity contribution in [1.82, 2.24) is 4.90 Å². The van der Waals surface area contributed by atoms with Crippen LogP contribution in [0.25, 0.3) is 0 Å². The van der Waals surface area contributed by atoms with E-state index in [1.807, 2.05) is 13.8 Å². The number of likely N-dealkylation sites (tertiary alicyclic amines) is 1. The van der Waals surface area contributed by atoms with Crippen molar-refractivity contribution >= 4 is 5.97 Å². The molecule has 96 valence electrons. The number of esters is 1. The standard InChI is InChI=1S/C13H22N2O2/c1-10-7-15(6-5-13(2,3)9-14)8-11(10)12(16)17-4/h10-11H,5-8H2,1-4H3. The first-order chi connectivity index (χ1) is 7.89. The Bertz CT molecular complexity index is 320. The van der Waals surface area contributed by atoms with Crippen LogP contribution >= 0.6 is 0 Å². The van der Waals surface area contributed by atoms with E-state index in [1.54, 1.807) is 0 Å². The summed E-state index contributed by atoms with van der Waals surface area (Å²) in [4.78, 5) is 13.8. The van der Waals surface area contributed by atoms with E-state index in [-0.39, 0.29) is 17.3 Å². The van der Waals surface area contributed by atoms with Gasteiger partial charge in [-0.25, -0.2) is 0 Å². The van der Waals surface area contributed by atoms with Gasteiger partial charge in [-0.1, -0.05) is 6.92 Å². The van der Waals surface area contributed by atoms with Crippen LogP contribution in [0, 0.1) is 28.6 Å². The molecule has 2 atom stereocenters. The van der Waals surface area contributed by atoms with E-state index in [0.717, 1.165) is 26.1 Å². The average molecular weight is 238 g/mol. The summed E-state index contributed by atoms with van der Waals surface area (Å²) in [7, 11) is 1.44. The molecule has 4 heteroatoms. The van der Waals surface area contributed by atoms with Crippen LogP contribution in [0.15, 0.2) is 0 Å². The number of nitrogens with zero attached hydrogens (tertiary/aromatic N) is 2. The lowest BCUT2D eigenvalue weighted by Crippen LogP contribution is -2.27. The van der Waals surface area contributed by atoms with E-state index in [9.17, 15) is 4.79 Å². The molecule has 0 amide bonds. The zero-order chi connectivity index (χ0) is 13.1. The highest BCUT2D eigenvalue weighted by Crippen LogP contribution is 2.26. The molecule has 0 radical (unpaired) electrons.